The van der Waals surface area contributed by atoms with Gasteiger partial charge in [-0.25, -0.2) is 4.39 Å². The topological polar surface area (TPSA) is 12.0 Å². The average molecular weight is 244 g/mol. The maximum absolute atomic E-state index is 14.1. The van der Waals surface area contributed by atoms with Crippen molar-refractivity contribution in [2.75, 3.05) is 11.9 Å². The van der Waals surface area contributed by atoms with Gasteiger partial charge in [-0.15, -0.1) is 0 Å². The van der Waals surface area contributed by atoms with Gasteiger partial charge >= 0.3 is 0 Å². The normalized spacial score (nSPS) is 26.4. The lowest BCUT2D eigenvalue weighted by Crippen LogP contribution is -2.27. The maximum Gasteiger partial charge on any atom is 0.138 e. The van der Waals surface area contributed by atoms with Gasteiger partial charge in [-0.05, 0) is 19.1 Å². The molecule has 13 heavy (non-hydrogen) atoms. The number of rotatable bonds is 0. The molecule has 1 aliphatic rings. The monoisotopic (exact) mass is 243 g/mol. The molecule has 0 fully saturated rings. The second-order valence-electron chi connectivity index (χ2n) is 3.54. The Kier molecular flexibility index (Phi) is 2.06. The van der Waals surface area contributed by atoms with Crippen LogP contribution in [0, 0.1) is 0 Å². The molecule has 0 amide bonds. The first kappa shape index (κ1) is 9.00. The van der Waals surface area contributed by atoms with E-state index in [1.807, 2.05) is 18.2 Å². The van der Waals surface area contributed by atoms with Crippen LogP contribution in [0.15, 0.2) is 22.7 Å². The lowest BCUT2D eigenvalue weighted by atomic mass is 9.90. The summed E-state index contributed by atoms with van der Waals surface area (Å²) in [6.07, 6.45) is 0.530. The lowest BCUT2D eigenvalue weighted by molar-refractivity contribution is 0.177. The van der Waals surface area contributed by atoms with Crippen LogP contribution in [0.1, 0.15) is 18.9 Å². The summed E-state index contributed by atoms with van der Waals surface area (Å²) in [5.41, 5.74) is 0.451. The Morgan fingerprint density at radius 2 is 2.31 bits per heavy atom. The number of nitrogens with one attached hydrogen (secondary N) is 1. The zero-order chi connectivity index (χ0) is 9.47. The molecule has 1 N–H and O–H groups in total. The van der Waals surface area contributed by atoms with Crippen molar-refractivity contribution in [2.24, 2.45) is 0 Å². The Bertz CT molecular complexity index is 336. The second-order valence-corrected chi connectivity index (χ2v) is 4.39. The molecular weight excluding hydrogens is 233 g/mol. The first-order valence-corrected chi connectivity index (χ1v) is 5.12. The van der Waals surface area contributed by atoms with E-state index in [4.69, 9.17) is 0 Å². The van der Waals surface area contributed by atoms with Gasteiger partial charge in [-0.2, -0.15) is 0 Å². The zero-order valence-electron chi connectivity index (χ0n) is 7.40. The van der Waals surface area contributed by atoms with Crippen molar-refractivity contribution in [3.63, 3.8) is 0 Å². The van der Waals surface area contributed by atoms with Crippen LogP contribution in [-0.4, -0.2) is 6.54 Å². The van der Waals surface area contributed by atoms with Crippen LogP contribution in [0.5, 0.6) is 0 Å². The second kappa shape index (κ2) is 2.98. The van der Waals surface area contributed by atoms with Crippen molar-refractivity contribution < 1.29 is 4.39 Å². The molecule has 1 atom stereocenters. The SMILES string of the molecule is CC1(F)CCNc2cccc(Br)c21. The summed E-state index contributed by atoms with van der Waals surface area (Å²) >= 11 is 3.38. The highest BCUT2D eigenvalue weighted by Gasteiger charge is 2.33. The van der Waals surface area contributed by atoms with Gasteiger partial charge in [0.1, 0.15) is 5.67 Å². The number of hydrogen-bond acceptors (Lipinski definition) is 1. The van der Waals surface area contributed by atoms with E-state index in [2.05, 4.69) is 21.2 Å². The highest BCUT2D eigenvalue weighted by Crippen LogP contribution is 2.42. The minimum absolute atomic E-state index is 0.530. The summed E-state index contributed by atoms with van der Waals surface area (Å²) in [7, 11) is 0. The molecule has 70 valence electrons. The van der Waals surface area contributed by atoms with Gasteiger partial charge in [0.15, 0.2) is 0 Å². The molecule has 1 unspecified atom stereocenters. The fraction of sp³-hybridized carbons (Fsp3) is 0.400. The Balaban J connectivity index is 2.61. The van der Waals surface area contributed by atoms with E-state index in [0.29, 0.717) is 13.0 Å². The van der Waals surface area contributed by atoms with E-state index >= 15 is 0 Å². The third-order valence-corrected chi connectivity index (χ3v) is 3.11. The van der Waals surface area contributed by atoms with Crippen LogP contribution in [-0.2, 0) is 5.67 Å². The van der Waals surface area contributed by atoms with Gasteiger partial charge in [0.2, 0.25) is 0 Å². The Hall–Kier alpha value is -0.570. The number of halogens is 2. The predicted octanol–water partition coefficient (Wildman–Crippen LogP) is 3.45. The summed E-state index contributed by atoms with van der Waals surface area (Å²) < 4.78 is 14.9. The minimum Gasteiger partial charge on any atom is -0.385 e. The average Bonchev–Trinajstić information content (AvgIpc) is 2.02. The first-order chi connectivity index (χ1) is 6.11. The molecule has 0 spiro atoms. The van der Waals surface area contributed by atoms with Gasteiger partial charge in [0, 0.05) is 28.7 Å². The van der Waals surface area contributed by atoms with Crippen molar-refractivity contribution in [2.45, 2.75) is 19.0 Å². The van der Waals surface area contributed by atoms with Gasteiger partial charge in [-0.1, -0.05) is 22.0 Å². The van der Waals surface area contributed by atoms with Crippen molar-refractivity contribution in [3.05, 3.63) is 28.2 Å². The molecule has 0 saturated heterocycles. The Morgan fingerprint density at radius 1 is 1.54 bits per heavy atom. The highest BCUT2D eigenvalue weighted by molar-refractivity contribution is 9.10. The van der Waals surface area contributed by atoms with Gasteiger partial charge < -0.3 is 5.32 Å². The third-order valence-electron chi connectivity index (χ3n) is 2.44. The Morgan fingerprint density at radius 3 is 3.00 bits per heavy atom. The summed E-state index contributed by atoms with van der Waals surface area (Å²) in [5.74, 6) is 0. The molecular formula is C10H11BrFN. The number of alkyl halides is 1. The molecule has 1 heterocycles. The van der Waals surface area contributed by atoms with E-state index in [9.17, 15) is 4.39 Å². The fourth-order valence-corrected chi connectivity index (χ4v) is 2.54. The smallest absolute Gasteiger partial charge is 0.138 e. The minimum atomic E-state index is -1.21. The predicted molar refractivity (Wildman–Crippen MR) is 55.7 cm³/mol. The number of benzene rings is 1. The third kappa shape index (κ3) is 1.46. The van der Waals surface area contributed by atoms with E-state index in [1.54, 1.807) is 6.92 Å². The van der Waals surface area contributed by atoms with Crippen LogP contribution in [0.4, 0.5) is 10.1 Å². The molecule has 0 aliphatic carbocycles. The van der Waals surface area contributed by atoms with E-state index in [0.717, 1.165) is 15.7 Å². The fourth-order valence-electron chi connectivity index (χ4n) is 1.76. The number of hydrogen-bond donors (Lipinski definition) is 1. The number of fused-ring (bicyclic) bond motifs is 1. The summed E-state index contributed by atoms with van der Waals surface area (Å²) in [4.78, 5) is 0. The van der Waals surface area contributed by atoms with Crippen molar-refractivity contribution >= 4 is 21.6 Å². The summed E-state index contributed by atoms with van der Waals surface area (Å²) in [5, 5.41) is 3.19. The number of anilines is 1. The first-order valence-electron chi connectivity index (χ1n) is 4.33. The van der Waals surface area contributed by atoms with Gasteiger partial charge in [0.05, 0.1) is 0 Å². The van der Waals surface area contributed by atoms with Crippen LogP contribution >= 0.6 is 15.9 Å². The molecule has 3 heteroatoms. The standard InChI is InChI=1S/C10H11BrFN/c1-10(12)5-6-13-8-4-2-3-7(11)9(8)10/h2-4,13H,5-6H2,1H3. The van der Waals surface area contributed by atoms with E-state index < -0.39 is 5.67 Å². The molecule has 1 aromatic carbocycles. The van der Waals surface area contributed by atoms with Gasteiger partial charge in [0.25, 0.3) is 0 Å². The lowest BCUT2D eigenvalue weighted by Gasteiger charge is -2.30. The molecule has 0 saturated carbocycles. The van der Waals surface area contributed by atoms with Crippen LogP contribution in [0.2, 0.25) is 0 Å². The molecule has 0 aromatic heterocycles. The molecule has 1 aliphatic heterocycles. The largest absolute Gasteiger partial charge is 0.385 e. The molecule has 2 rings (SSSR count). The molecule has 1 aromatic rings. The van der Waals surface area contributed by atoms with Crippen LogP contribution < -0.4 is 5.32 Å². The maximum atomic E-state index is 14.1. The molecule has 0 radical (unpaired) electrons. The Labute approximate surface area is 85.5 Å². The van der Waals surface area contributed by atoms with E-state index in [1.165, 1.54) is 0 Å². The quantitative estimate of drug-likeness (QED) is 0.737. The van der Waals surface area contributed by atoms with Crippen molar-refractivity contribution in [1.82, 2.24) is 0 Å². The van der Waals surface area contributed by atoms with Gasteiger partial charge in [-0.3, -0.25) is 0 Å². The molecule has 1 nitrogen and oxygen atoms in total. The molecule has 0 bridgehead atoms. The summed E-state index contributed by atoms with van der Waals surface area (Å²) in [6.45, 7) is 2.34. The van der Waals surface area contributed by atoms with Crippen LogP contribution in [0.3, 0.4) is 0 Å². The highest BCUT2D eigenvalue weighted by atomic mass is 79.9. The zero-order valence-corrected chi connectivity index (χ0v) is 8.99. The van der Waals surface area contributed by atoms with Crippen molar-refractivity contribution in [1.29, 1.82) is 0 Å². The summed E-state index contributed by atoms with van der Waals surface area (Å²) in [6, 6.07) is 5.71. The van der Waals surface area contributed by atoms with Crippen molar-refractivity contribution in [3.8, 4) is 0 Å². The van der Waals surface area contributed by atoms with E-state index in [-0.39, 0.29) is 0 Å². The van der Waals surface area contributed by atoms with Crippen LogP contribution in [0.25, 0.3) is 0 Å².